The molecule has 0 radical (unpaired) electrons. The summed E-state index contributed by atoms with van der Waals surface area (Å²) in [6, 6.07) is 1.23. The SMILES string of the molecule is C.C.C.C.C.CC(=O)O.CCOP(C)(=O)OCC.CC[Si](C)(C)O[Si](C)(C)C.C[Si](C)(C)OP(C)(=O)O[Si](C)(C)C. The molecule has 0 heterocycles. The van der Waals surface area contributed by atoms with E-state index >= 15 is 0 Å². The summed E-state index contributed by atoms with van der Waals surface area (Å²) in [6.45, 7) is 34.2. The first-order valence-corrected chi connectivity index (χ1v) is 29.6. The van der Waals surface area contributed by atoms with Gasteiger partial charge in [-0.05, 0) is 91.9 Å². The maximum atomic E-state index is 11.9. The number of hydrogen-bond acceptors (Lipinski definition) is 8. The minimum absolute atomic E-state index is 0. The van der Waals surface area contributed by atoms with Crippen molar-refractivity contribution in [1.29, 1.82) is 0 Å². The van der Waals surface area contributed by atoms with E-state index in [4.69, 9.17) is 31.5 Å². The topological polar surface area (TPSA) is 118 Å². The molecule has 0 saturated carbocycles. The molecule has 15 heteroatoms. The van der Waals surface area contributed by atoms with Crippen LogP contribution in [0.3, 0.4) is 0 Å². The van der Waals surface area contributed by atoms with Gasteiger partial charge in [-0.2, -0.15) is 0 Å². The lowest BCUT2D eigenvalue weighted by Crippen LogP contribution is -2.41. The Hall–Kier alpha value is 0.598. The molecule has 0 aromatic rings. The van der Waals surface area contributed by atoms with Crippen molar-refractivity contribution in [3.8, 4) is 0 Å². The van der Waals surface area contributed by atoms with E-state index in [1.807, 2.05) is 39.3 Å². The Morgan fingerprint density at radius 3 is 0.976 bits per heavy atom. The Labute approximate surface area is 263 Å². The van der Waals surface area contributed by atoms with Crippen molar-refractivity contribution < 1.29 is 40.6 Å². The van der Waals surface area contributed by atoms with Crippen molar-refractivity contribution in [3.05, 3.63) is 0 Å². The predicted octanol–water partition coefficient (Wildman–Crippen LogP) is 11.7. The highest BCUT2D eigenvalue weighted by Gasteiger charge is 2.32. The van der Waals surface area contributed by atoms with Crippen molar-refractivity contribution in [1.82, 2.24) is 0 Å². The van der Waals surface area contributed by atoms with Gasteiger partial charge in [-0.1, -0.05) is 44.1 Å². The lowest BCUT2D eigenvalue weighted by molar-refractivity contribution is -0.134. The Morgan fingerprint density at radius 2 is 0.854 bits per heavy atom. The van der Waals surface area contributed by atoms with E-state index in [1.54, 1.807) is 20.5 Å². The van der Waals surface area contributed by atoms with Crippen LogP contribution >= 0.6 is 15.2 Å². The quantitative estimate of drug-likeness (QED) is 0.165. The van der Waals surface area contributed by atoms with Crippen LogP contribution in [-0.4, -0.2) is 70.9 Å². The number of carbonyl (C=O) groups is 1. The lowest BCUT2D eigenvalue weighted by Gasteiger charge is -2.30. The molecule has 0 aliphatic heterocycles. The highest BCUT2D eigenvalue weighted by molar-refractivity contribution is 7.56. The van der Waals surface area contributed by atoms with Crippen molar-refractivity contribution in [2.24, 2.45) is 0 Å². The van der Waals surface area contributed by atoms with Crippen LogP contribution in [0.15, 0.2) is 0 Å². The monoisotopic (exact) mass is 708 g/mol. The second-order valence-electron chi connectivity index (χ2n) is 11.6. The predicted molar refractivity (Wildman–Crippen MR) is 199 cm³/mol. The third-order valence-electron chi connectivity index (χ3n) is 3.04. The van der Waals surface area contributed by atoms with Crippen LogP contribution < -0.4 is 0 Å². The first kappa shape index (κ1) is 64.5. The van der Waals surface area contributed by atoms with E-state index in [9.17, 15) is 9.13 Å². The van der Waals surface area contributed by atoms with E-state index in [-0.39, 0.29) is 37.1 Å². The molecule has 0 aliphatic carbocycles. The van der Waals surface area contributed by atoms with E-state index in [0.29, 0.717) is 13.2 Å². The van der Waals surface area contributed by atoms with Gasteiger partial charge in [0, 0.05) is 20.3 Å². The van der Waals surface area contributed by atoms with Gasteiger partial charge >= 0.3 is 15.2 Å². The molecule has 0 bridgehead atoms. The summed E-state index contributed by atoms with van der Waals surface area (Å²) in [5.74, 6) is -0.833. The van der Waals surface area contributed by atoms with Gasteiger partial charge in [0.15, 0.2) is 33.3 Å². The summed E-state index contributed by atoms with van der Waals surface area (Å²) in [6.07, 6.45) is 0. The summed E-state index contributed by atoms with van der Waals surface area (Å²) in [5.41, 5.74) is 0. The zero-order chi connectivity index (χ0) is 30.2. The molecule has 0 spiro atoms. The van der Waals surface area contributed by atoms with Gasteiger partial charge in [-0.15, -0.1) is 0 Å². The van der Waals surface area contributed by atoms with Gasteiger partial charge < -0.3 is 26.7 Å². The average molecular weight is 709 g/mol. The zero-order valence-electron chi connectivity index (χ0n) is 26.2. The normalized spacial score (nSPS) is 11.2. The molecule has 9 nitrogen and oxygen atoms in total. The van der Waals surface area contributed by atoms with Gasteiger partial charge in [-0.3, -0.25) is 13.9 Å². The molecule has 0 atom stereocenters. The van der Waals surface area contributed by atoms with Gasteiger partial charge in [0.1, 0.15) is 0 Å². The molecule has 0 amide bonds. The average Bonchev–Trinajstić information content (AvgIpc) is 2.48. The molecule has 0 unspecified atom stereocenters. The second-order valence-corrected chi connectivity index (χ2v) is 34.4. The fourth-order valence-corrected chi connectivity index (χ4v) is 19.1. The summed E-state index contributed by atoms with van der Waals surface area (Å²) in [5, 5.41) is 7.42. The number of carboxylic acid groups (broad SMARTS) is 1. The highest BCUT2D eigenvalue weighted by atomic mass is 31.2. The summed E-state index contributed by atoms with van der Waals surface area (Å²) in [7, 11) is -11.5. The minimum atomic E-state index is -2.81. The van der Waals surface area contributed by atoms with Crippen molar-refractivity contribution in [3.63, 3.8) is 0 Å². The lowest BCUT2D eigenvalue weighted by atomic mass is 10.9. The molecule has 262 valence electrons. The molecule has 1 N–H and O–H groups in total. The molecule has 41 heavy (non-hydrogen) atoms. The summed E-state index contributed by atoms with van der Waals surface area (Å²) < 4.78 is 49.5. The first-order chi connectivity index (χ1) is 15.5. The van der Waals surface area contributed by atoms with Crippen LogP contribution in [0.5, 0.6) is 0 Å². The number of carboxylic acids is 1. The zero-order valence-corrected chi connectivity index (χ0v) is 32.0. The molecule has 0 aromatic carbocycles. The molecule has 0 fully saturated rings. The van der Waals surface area contributed by atoms with Crippen molar-refractivity contribution in [2.45, 2.75) is 143 Å². The molecule has 0 aliphatic rings. The fraction of sp³-hybridized carbons (Fsp3) is 0.962. The Kier molecular flexibility index (Phi) is 44.2. The van der Waals surface area contributed by atoms with Gasteiger partial charge in [0.25, 0.3) is 5.97 Å². The third kappa shape index (κ3) is 69.0. The maximum absolute atomic E-state index is 11.9. The number of hydrogen-bond donors (Lipinski definition) is 1. The van der Waals surface area contributed by atoms with Crippen LogP contribution in [0, 0.1) is 0 Å². The minimum Gasteiger partial charge on any atom is -0.481 e. The largest absolute Gasteiger partial charge is 0.481 e. The maximum Gasteiger partial charge on any atom is 0.327 e. The van der Waals surface area contributed by atoms with E-state index in [2.05, 4.69) is 39.7 Å². The molecule has 0 rings (SSSR count). The van der Waals surface area contributed by atoms with Crippen LogP contribution in [0.2, 0.25) is 78.1 Å². The summed E-state index contributed by atoms with van der Waals surface area (Å²) >= 11 is 0. The Bertz CT molecular complexity index is 656. The molecular formula is C26H78O9P2Si4. The first-order valence-electron chi connectivity index (χ1n) is 12.3. The molecular weight excluding hydrogens is 631 g/mol. The van der Waals surface area contributed by atoms with Gasteiger partial charge in [-0.25, -0.2) is 0 Å². The van der Waals surface area contributed by atoms with Crippen LogP contribution in [-0.2, 0) is 35.5 Å². The second kappa shape index (κ2) is 28.1. The third-order valence-corrected chi connectivity index (χ3v) is 17.9. The molecule has 0 saturated heterocycles. The highest BCUT2D eigenvalue weighted by Crippen LogP contribution is 2.49. The van der Waals surface area contributed by atoms with E-state index in [1.165, 1.54) is 12.7 Å². The molecule has 0 aromatic heterocycles. The van der Waals surface area contributed by atoms with Gasteiger partial charge in [0.05, 0.1) is 13.2 Å². The number of rotatable bonds is 11. The smallest absolute Gasteiger partial charge is 0.327 e. The number of aliphatic carboxylic acids is 1. The van der Waals surface area contributed by atoms with Crippen LogP contribution in [0.25, 0.3) is 0 Å². The van der Waals surface area contributed by atoms with Crippen LogP contribution in [0.1, 0.15) is 64.8 Å². The summed E-state index contributed by atoms with van der Waals surface area (Å²) in [4.78, 5) is 9.00. The fourth-order valence-electron chi connectivity index (χ4n) is 2.42. The van der Waals surface area contributed by atoms with Crippen molar-refractivity contribution >= 4 is 54.4 Å². The van der Waals surface area contributed by atoms with Crippen molar-refractivity contribution in [2.75, 3.05) is 26.5 Å². The van der Waals surface area contributed by atoms with E-state index < -0.39 is 54.4 Å². The van der Waals surface area contributed by atoms with Gasteiger partial charge in [0.2, 0.25) is 0 Å². The Balaban J connectivity index is -0.0000000480. The standard InChI is InChI=1S/C7H21O3PSi2.C7H20OSi2.C5H13O3P.C2H4O2.5CH4/c1-11(8,9-12(2,3)4)10-13(5,6)7;1-7-10(5,6)8-9(2,3)4;1-4-7-9(3,6)8-5-2;1-2(3)4;;;;;/h1-7H3;7H2,1-6H3;4-5H2,1-3H3;1H3,(H,3,4);5*1H4. The van der Waals surface area contributed by atoms with Crippen LogP contribution in [0.4, 0.5) is 0 Å². The Morgan fingerprint density at radius 1 is 0.610 bits per heavy atom. The van der Waals surface area contributed by atoms with E-state index in [0.717, 1.165) is 6.92 Å².